The van der Waals surface area contributed by atoms with Crippen LogP contribution in [0.5, 0.6) is 0 Å². The Bertz CT molecular complexity index is 1020. The Kier molecular flexibility index (Phi) is 9.83. The molecule has 0 aromatic carbocycles. The van der Waals surface area contributed by atoms with Gasteiger partial charge in [0.15, 0.2) is 0 Å². The van der Waals surface area contributed by atoms with E-state index in [-0.39, 0.29) is 0 Å². The van der Waals surface area contributed by atoms with E-state index in [2.05, 4.69) is 16.4 Å². The van der Waals surface area contributed by atoms with Gasteiger partial charge in [0.2, 0.25) is 0 Å². The molecule has 7 heteroatoms. The van der Waals surface area contributed by atoms with Crippen LogP contribution in [0.3, 0.4) is 0 Å². The Morgan fingerprint density at radius 1 is 1.00 bits per heavy atom. The lowest BCUT2D eigenvalue weighted by Crippen LogP contribution is -2.22. The molecule has 5 rings (SSSR count). The standard InChI is InChI=1S/C30H41ClN4O2/c31-28-10-11-29(34-20-23-13-17-36-18-14-23)35-30(28)24-12-15-32-26(19-24)4-1-3-22-6-8-25(9-7-22)33-21-27-5-2-16-37-27/h10-12,15,19,22-23,27H,1-9,13-14,16-18,20-21H2,(H,34,35)/t22?,27-/m1/s1. The summed E-state index contributed by atoms with van der Waals surface area (Å²) in [5, 5.41) is 4.18. The zero-order valence-electron chi connectivity index (χ0n) is 22.0. The van der Waals surface area contributed by atoms with Crippen molar-refractivity contribution >= 4 is 23.1 Å². The number of aliphatic imine (C=N–C) groups is 1. The highest BCUT2D eigenvalue weighted by atomic mass is 35.5. The number of hydrogen-bond donors (Lipinski definition) is 1. The van der Waals surface area contributed by atoms with Crippen LogP contribution in [-0.2, 0) is 15.9 Å². The molecule has 1 atom stereocenters. The maximum Gasteiger partial charge on any atom is 0.126 e. The highest BCUT2D eigenvalue weighted by molar-refractivity contribution is 6.33. The molecule has 3 aliphatic rings. The van der Waals surface area contributed by atoms with E-state index in [0.717, 1.165) is 100 Å². The van der Waals surface area contributed by atoms with E-state index in [1.54, 1.807) is 0 Å². The van der Waals surface area contributed by atoms with Gasteiger partial charge in [-0.2, -0.15) is 0 Å². The Hall–Kier alpha value is -2.02. The summed E-state index contributed by atoms with van der Waals surface area (Å²) >= 11 is 6.57. The first-order valence-electron chi connectivity index (χ1n) is 14.3. The number of hydrogen-bond acceptors (Lipinski definition) is 6. The number of aryl methyl sites for hydroxylation is 1. The molecule has 0 radical (unpaired) electrons. The third kappa shape index (κ3) is 7.98. The summed E-state index contributed by atoms with van der Waals surface area (Å²) in [6.07, 6.45) is 15.1. The van der Waals surface area contributed by atoms with E-state index in [4.69, 9.17) is 31.1 Å². The fraction of sp³-hybridized carbons (Fsp3) is 0.633. The van der Waals surface area contributed by atoms with Crippen LogP contribution in [0.2, 0.25) is 5.02 Å². The van der Waals surface area contributed by atoms with Gasteiger partial charge in [0.25, 0.3) is 0 Å². The molecule has 2 aromatic heterocycles. The smallest absolute Gasteiger partial charge is 0.126 e. The number of anilines is 1. The molecule has 3 fully saturated rings. The van der Waals surface area contributed by atoms with Crippen LogP contribution in [0.4, 0.5) is 5.82 Å². The maximum absolute atomic E-state index is 6.57. The van der Waals surface area contributed by atoms with Gasteiger partial charge in [0, 0.05) is 49.5 Å². The molecular weight excluding hydrogens is 484 g/mol. The lowest BCUT2D eigenvalue weighted by Gasteiger charge is -2.23. The number of aromatic nitrogens is 2. The molecule has 200 valence electrons. The highest BCUT2D eigenvalue weighted by Gasteiger charge is 2.20. The van der Waals surface area contributed by atoms with Gasteiger partial charge in [0.1, 0.15) is 5.82 Å². The van der Waals surface area contributed by atoms with Crippen LogP contribution in [0.25, 0.3) is 11.3 Å². The quantitative estimate of drug-likeness (QED) is 0.371. The molecule has 1 saturated carbocycles. The predicted molar refractivity (Wildman–Crippen MR) is 151 cm³/mol. The monoisotopic (exact) mass is 524 g/mol. The largest absolute Gasteiger partial charge is 0.381 e. The van der Waals surface area contributed by atoms with Gasteiger partial charge in [-0.3, -0.25) is 9.98 Å². The number of ether oxygens (including phenoxy) is 2. The zero-order chi connectivity index (χ0) is 25.3. The topological polar surface area (TPSA) is 68.6 Å². The van der Waals surface area contributed by atoms with E-state index in [0.29, 0.717) is 17.0 Å². The molecule has 0 bridgehead atoms. The Morgan fingerprint density at radius 3 is 2.68 bits per heavy atom. The zero-order valence-corrected chi connectivity index (χ0v) is 22.7. The lowest BCUT2D eigenvalue weighted by atomic mass is 9.84. The Labute approximate surface area is 226 Å². The van der Waals surface area contributed by atoms with Gasteiger partial charge in [-0.1, -0.05) is 18.0 Å². The summed E-state index contributed by atoms with van der Waals surface area (Å²) in [7, 11) is 0. The van der Waals surface area contributed by atoms with Crippen molar-refractivity contribution in [3.8, 4) is 11.3 Å². The molecule has 6 nitrogen and oxygen atoms in total. The van der Waals surface area contributed by atoms with Gasteiger partial charge in [0.05, 0.1) is 23.4 Å². The number of rotatable bonds is 10. The minimum atomic E-state index is 0.370. The molecule has 2 saturated heterocycles. The van der Waals surface area contributed by atoms with Gasteiger partial charge in [-0.25, -0.2) is 4.98 Å². The number of pyridine rings is 2. The molecule has 4 heterocycles. The van der Waals surface area contributed by atoms with Gasteiger partial charge < -0.3 is 14.8 Å². The van der Waals surface area contributed by atoms with E-state index < -0.39 is 0 Å². The molecule has 1 aliphatic carbocycles. The number of nitrogens with zero attached hydrogens (tertiary/aromatic N) is 3. The first kappa shape index (κ1) is 26.6. The van der Waals surface area contributed by atoms with Crippen LogP contribution in [0.15, 0.2) is 35.5 Å². The minimum Gasteiger partial charge on any atom is -0.381 e. The maximum atomic E-state index is 6.57. The highest BCUT2D eigenvalue weighted by Crippen LogP contribution is 2.30. The van der Waals surface area contributed by atoms with Crippen LogP contribution in [0, 0.1) is 11.8 Å². The van der Waals surface area contributed by atoms with Crippen LogP contribution >= 0.6 is 11.6 Å². The average molecular weight is 525 g/mol. The minimum absolute atomic E-state index is 0.370. The van der Waals surface area contributed by atoms with Gasteiger partial charge >= 0.3 is 0 Å². The Morgan fingerprint density at radius 2 is 1.86 bits per heavy atom. The molecule has 0 amide bonds. The van der Waals surface area contributed by atoms with Crippen molar-refractivity contribution in [2.45, 2.75) is 76.7 Å². The SMILES string of the molecule is Clc1ccc(NCC2CCOCC2)nc1-c1ccnc(CCCC2CCC(=NC[C@H]3CCCO3)CC2)c1. The van der Waals surface area contributed by atoms with Crippen molar-refractivity contribution in [3.05, 3.63) is 41.2 Å². The van der Waals surface area contributed by atoms with Crippen molar-refractivity contribution in [2.24, 2.45) is 16.8 Å². The van der Waals surface area contributed by atoms with Crippen LogP contribution < -0.4 is 5.32 Å². The molecule has 2 aromatic rings. The van der Waals surface area contributed by atoms with Crippen molar-refractivity contribution in [1.29, 1.82) is 0 Å². The van der Waals surface area contributed by atoms with Crippen LogP contribution in [0.1, 0.15) is 69.9 Å². The molecule has 1 N–H and O–H groups in total. The summed E-state index contributed by atoms with van der Waals surface area (Å²) in [4.78, 5) is 14.4. The van der Waals surface area contributed by atoms with Crippen molar-refractivity contribution in [1.82, 2.24) is 9.97 Å². The van der Waals surface area contributed by atoms with E-state index >= 15 is 0 Å². The second-order valence-corrected chi connectivity index (χ2v) is 11.3. The van der Waals surface area contributed by atoms with Crippen molar-refractivity contribution in [2.75, 3.05) is 38.2 Å². The number of nitrogens with one attached hydrogen (secondary N) is 1. The van der Waals surface area contributed by atoms with E-state index in [1.165, 1.54) is 37.8 Å². The molecule has 37 heavy (non-hydrogen) atoms. The third-order valence-electron chi connectivity index (χ3n) is 8.12. The summed E-state index contributed by atoms with van der Waals surface area (Å²) in [5.41, 5.74) is 4.39. The molecule has 0 spiro atoms. The number of halogens is 1. The van der Waals surface area contributed by atoms with Crippen molar-refractivity contribution in [3.63, 3.8) is 0 Å². The summed E-state index contributed by atoms with van der Waals surface area (Å²) in [6, 6.07) is 8.08. The second kappa shape index (κ2) is 13.7. The second-order valence-electron chi connectivity index (χ2n) is 10.9. The van der Waals surface area contributed by atoms with Crippen LogP contribution in [-0.4, -0.2) is 54.7 Å². The molecule has 2 aliphatic heterocycles. The summed E-state index contributed by atoms with van der Waals surface area (Å²) in [6.45, 7) is 4.42. The van der Waals surface area contributed by atoms with Crippen molar-refractivity contribution < 1.29 is 9.47 Å². The molecular formula is C30H41ClN4O2. The summed E-state index contributed by atoms with van der Waals surface area (Å²) in [5.74, 6) is 2.32. The third-order valence-corrected chi connectivity index (χ3v) is 8.42. The fourth-order valence-corrected chi connectivity index (χ4v) is 5.97. The van der Waals surface area contributed by atoms with E-state index in [1.807, 2.05) is 24.4 Å². The Balaban J connectivity index is 1.09. The molecule has 0 unspecified atom stereocenters. The predicted octanol–water partition coefficient (Wildman–Crippen LogP) is 6.77. The summed E-state index contributed by atoms with van der Waals surface area (Å²) < 4.78 is 11.2. The van der Waals surface area contributed by atoms with Gasteiger partial charge in [-0.15, -0.1) is 0 Å². The van der Waals surface area contributed by atoms with E-state index in [9.17, 15) is 0 Å². The fourth-order valence-electron chi connectivity index (χ4n) is 5.75. The average Bonchev–Trinajstić information content (AvgIpc) is 3.47. The first-order valence-corrected chi connectivity index (χ1v) is 14.7. The first-order chi connectivity index (χ1) is 18.2. The van der Waals surface area contributed by atoms with Gasteiger partial charge in [-0.05, 0) is 100 Å². The normalized spacial score (nSPS) is 22.8. The lowest BCUT2D eigenvalue weighted by molar-refractivity contribution is 0.0699.